The Bertz CT molecular complexity index is 1070. The second-order valence-electron chi connectivity index (χ2n) is 6.68. The van der Waals surface area contributed by atoms with Gasteiger partial charge < -0.3 is 24.4 Å². The first kappa shape index (κ1) is 22.3. The van der Waals surface area contributed by atoms with Gasteiger partial charge in [-0.1, -0.05) is 23.7 Å². The minimum Gasteiger partial charge on any atom is -0.466 e. The van der Waals surface area contributed by atoms with E-state index in [1.807, 2.05) is 6.92 Å². The highest BCUT2D eigenvalue weighted by molar-refractivity contribution is 6.31. The number of carbonyl (C=O) groups is 3. The van der Waals surface area contributed by atoms with Crippen LogP contribution in [0.25, 0.3) is 0 Å². The third-order valence-electron chi connectivity index (χ3n) is 4.70. The maximum absolute atomic E-state index is 12.8. The summed E-state index contributed by atoms with van der Waals surface area (Å²) in [7, 11) is 2.43. The number of ether oxygens (including phenoxy) is 3. The van der Waals surface area contributed by atoms with Crippen LogP contribution in [-0.4, -0.2) is 45.4 Å². The first-order chi connectivity index (χ1) is 14.8. The van der Waals surface area contributed by atoms with Crippen LogP contribution >= 0.6 is 11.6 Å². The van der Waals surface area contributed by atoms with Crippen molar-refractivity contribution in [1.29, 1.82) is 0 Å². The Morgan fingerprint density at radius 2 is 1.81 bits per heavy atom. The Kier molecular flexibility index (Phi) is 6.94. The Balaban J connectivity index is 1.95. The van der Waals surface area contributed by atoms with Gasteiger partial charge in [0.1, 0.15) is 12.4 Å². The van der Waals surface area contributed by atoms with E-state index >= 15 is 0 Å². The normalized spacial score (nSPS) is 13.6. The molecule has 1 N–H and O–H groups in total. The smallest absolute Gasteiger partial charge is 0.355 e. The van der Waals surface area contributed by atoms with Crippen molar-refractivity contribution in [3.63, 3.8) is 0 Å². The van der Waals surface area contributed by atoms with Gasteiger partial charge in [0.05, 0.1) is 26.4 Å². The van der Waals surface area contributed by atoms with Crippen LogP contribution in [0.3, 0.4) is 0 Å². The van der Waals surface area contributed by atoms with Gasteiger partial charge in [-0.05, 0) is 42.8 Å². The molecule has 1 heterocycles. The van der Waals surface area contributed by atoms with Crippen molar-refractivity contribution in [2.45, 2.75) is 6.92 Å². The average Bonchev–Trinajstić information content (AvgIpc) is 2.79. The van der Waals surface area contributed by atoms with Crippen molar-refractivity contribution in [3.05, 3.63) is 69.9 Å². The maximum Gasteiger partial charge on any atom is 0.355 e. The molecule has 0 fully saturated rings. The number of amides is 1. The molecule has 2 aromatic rings. The molecule has 0 unspecified atom stereocenters. The average molecular weight is 445 g/mol. The summed E-state index contributed by atoms with van der Waals surface area (Å²) in [5.41, 5.74) is 2.29. The highest BCUT2D eigenvalue weighted by Crippen LogP contribution is 2.28. The number of carbonyl (C=O) groups excluding carboxylic acids is 3. The fourth-order valence-corrected chi connectivity index (χ4v) is 3.26. The van der Waals surface area contributed by atoms with E-state index in [2.05, 4.69) is 5.32 Å². The van der Waals surface area contributed by atoms with Gasteiger partial charge in [-0.15, -0.1) is 0 Å². The van der Waals surface area contributed by atoms with Crippen molar-refractivity contribution in [3.8, 4) is 0 Å². The van der Waals surface area contributed by atoms with Crippen LogP contribution in [-0.2, 0) is 23.8 Å². The van der Waals surface area contributed by atoms with Crippen molar-refractivity contribution in [2.24, 2.45) is 0 Å². The number of rotatable bonds is 5. The third-order valence-corrected chi connectivity index (χ3v) is 4.94. The fraction of sp³-hybridized carbons (Fsp3) is 0.227. The van der Waals surface area contributed by atoms with Crippen molar-refractivity contribution in [1.82, 2.24) is 0 Å². The van der Waals surface area contributed by atoms with Crippen LogP contribution < -0.4 is 10.2 Å². The molecule has 1 aliphatic heterocycles. The Morgan fingerprint density at radius 3 is 2.52 bits per heavy atom. The molecule has 0 bridgehead atoms. The minimum atomic E-state index is -0.715. The number of aryl methyl sites for hydroxylation is 1. The van der Waals surface area contributed by atoms with E-state index in [4.69, 9.17) is 25.8 Å². The van der Waals surface area contributed by atoms with Crippen LogP contribution in [0.4, 0.5) is 11.4 Å². The van der Waals surface area contributed by atoms with Crippen LogP contribution in [0.5, 0.6) is 0 Å². The van der Waals surface area contributed by atoms with Gasteiger partial charge in [-0.25, -0.2) is 9.59 Å². The quantitative estimate of drug-likeness (QED) is 0.707. The molecule has 0 spiro atoms. The van der Waals surface area contributed by atoms with E-state index in [0.717, 1.165) is 5.56 Å². The summed E-state index contributed by atoms with van der Waals surface area (Å²) < 4.78 is 15.1. The molecule has 1 amide bonds. The number of hydrogen-bond donors (Lipinski definition) is 1. The molecule has 0 radical (unpaired) electrons. The number of methoxy groups -OCH3 is 2. The molecule has 1 aliphatic rings. The number of hydrogen-bond acceptors (Lipinski definition) is 7. The molecule has 0 saturated heterocycles. The predicted octanol–water partition coefficient (Wildman–Crippen LogP) is 3.29. The van der Waals surface area contributed by atoms with Crippen LogP contribution in [0.2, 0.25) is 5.02 Å². The lowest BCUT2D eigenvalue weighted by molar-refractivity contribution is -0.140. The zero-order chi connectivity index (χ0) is 22.5. The molecule has 9 heteroatoms. The van der Waals surface area contributed by atoms with E-state index < -0.39 is 11.9 Å². The molecule has 0 aromatic heterocycles. The van der Waals surface area contributed by atoms with Gasteiger partial charge in [0.15, 0.2) is 0 Å². The number of halogens is 1. The molecule has 8 nitrogen and oxygen atoms in total. The minimum absolute atomic E-state index is 0.00356. The van der Waals surface area contributed by atoms with Gasteiger partial charge in [0.2, 0.25) is 0 Å². The summed E-state index contributed by atoms with van der Waals surface area (Å²) in [6.45, 7) is 1.75. The van der Waals surface area contributed by atoms with Gasteiger partial charge in [-0.2, -0.15) is 0 Å². The van der Waals surface area contributed by atoms with E-state index in [0.29, 0.717) is 22.0 Å². The van der Waals surface area contributed by atoms with Crippen molar-refractivity contribution < 1.29 is 28.6 Å². The van der Waals surface area contributed by atoms with E-state index in [-0.39, 0.29) is 30.5 Å². The highest BCUT2D eigenvalue weighted by Gasteiger charge is 2.32. The standard InChI is InChI=1S/C22H21ClN2O6/c1-13-7-8-15(23)10-18(13)24-20(26)14-5-4-6-16(9-14)25-12-31-11-17(21(27)29-2)19(25)22(28)30-3/h4-10H,11-12H2,1-3H3,(H,24,26). The molecule has 3 rings (SSSR count). The Hall–Kier alpha value is -3.36. The topological polar surface area (TPSA) is 94.2 Å². The van der Waals surface area contributed by atoms with E-state index in [9.17, 15) is 14.4 Å². The molecule has 162 valence electrons. The summed E-state index contributed by atoms with van der Waals surface area (Å²) in [6.07, 6.45) is 0. The Morgan fingerprint density at radius 1 is 1.06 bits per heavy atom. The van der Waals surface area contributed by atoms with E-state index in [1.165, 1.54) is 19.1 Å². The first-order valence-electron chi connectivity index (χ1n) is 9.28. The van der Waals surface area contributed by atoms with Crippen molar-refractivity contribution >= 4 is 40.8 Å². The largest absolute Gasteiger partial charge is 0.466 e. The lowest BCUT2D eigenvalue weighted by Crippen LogP contribution is -2.38. The molecule has 2 aromatic carbocycles. The first-order valence-corrected chi connectivity index (χ1v) is 9.66. The fourth-order valence-electron chi connectivity index (χ4n) is 3.09. The molecule has 0 atom stereocenters. The lowest BCUT2D eigenvalue weighted by Gasteiger charge is -2.31. The molecule has 0 aliphatic carbocycles. The second kappa shape index (κ2) is 9.63. The SMILES string of the molecule is COC(=O)C1=C(C(=O)OC)N(c2cccc(C(=O)Nc3cc(Cl)ccc3C)c2)COC1. The number of anilines is 2. The zero-order valence-electron chi connectivity index (χ0n) is 17.2. The molecular formula is C22H21ClN2O6. The monoisotopic (exact) mass is 444 g/mol. The van der Waals surface area contributed by atoms with Crippen LogP contribution in [0.15, 0.2) is 53.7 Å². The lowest BCUT2D eigenvalue weighted by atomic mass is 10.1. The zero-order valence-corrected chi connectivity index (χ0v) is 18.0. The molecule has 31 heavy (non-hydrogen) atoms. The number of benzene rings is 2. The summed E-state index contributed by atoms with van der Waals surface area (Å²) in [5, 5.41) is 3.33. The number of nitrogens with zero attached hydrogens (tertiary/aromatic N) is 1. The number of nitrogens with one attached hydrogen (secondary N) is 1. The molecular weight excluding hydrogens is 424 g/mol. The predicted molar refractivity (Wildman–Crippen MR) is 115 cm³/mol. The third kappa shape index (κ3) is 4.87. The summed E-state index contributed by atoms with van der Waals surface area (Å²) in [6, 6.07) is 11.8. The van der Waals surface area contributed by atoms with Crippen LogP contribution in [0.1, 0.15) is 15.9 Å². The van der Waals surface area contributed by atoms with Gasteiger partial charge in [0, 0.05) is 22.0 Å². The van der Waals surface area contributed by atoms with E-state index in [1.54, 1.807) is 42.5 Å². The maximum atomic E-state index is 12.8. The summed E-state index contributed by atoms with van der Waals surface area (Å²) in [5.74, 6) is -1.77. The van der Waals surface area contributed by atoms with Gasteiger partial charge in [-0.3, -0.25) is 4.79 Å². The summed E-state index contributed by atoms with van der Waals surface area (Å²) >= 11 is 6.03. The van der Waals surface area contributed by atoms with Gasteiger partial charge >= 0.3 is 11.9 Å². The number of esters is 2. The molecule has 0 saturated carbocycles. The summed E-state index contributed by atoms with van der Waals surface area (Å²) in [4.78, 5) is 38.9. The second-order valence-corrected chi connectivity index (χ2v) is 7.12. The van der Waals surface area contributed by atoms with Gasteiger partial charge in [0.25, 0.3) is 5.91 Å². The highest BCUT2D eigenvalue weighted by atomic mass is 35.5. The van der Waals surface area contributed by atoms with Crippen LogP contribution in [0, 0.1) is 6.92 Å². The Labute approximate surface area is 184 Å². The van der Waals surface area contributed by atoms with Crippen molar-refractivity contribution in [2.75, 3.05) is 37.8 Å².